The molecule has 1 saturated heterocycles. The van der Waals surface area contributed by atoms with Crippen LogP contribution in [-0.2, 0) is 16.0 Å². The molecule has 40 heavy (non-hydrogen) atoms. The Morgan fingerprint density at radius 3 is 2.75 bits per heavy atom. The number of morpholine rings is 1. The van der Waals surface area contributed by atoms with Gasteiger partial charge in [0.2, 0.25) is 5.43 Å². The molecule has 0 saturated carbocycles. The van der Waals surface area contributed by atoms with Gasteiger partial charge < -0.3 is 29.1 Å². The van der Waals surface area contributed by atoms with Crippen molar-refractivity contribution in [1.29, 1.82) is 0 Å². The number of anilines is 1. The highest BCUT2D eigenvalue weighted by atomic mass is 19.2. The molecule has 1 aromatic heterocycles. The predicted octanol–water partition coefficient (Wildman–Crippen LogP) is 2.10. The van der Waals surface area contributed by atoms with E-state index in [2.05, 4.69) is 0 Å². The van der Waals surface area contributed by atoms with E-state index in [4.69, 9.17) is 14.2 Å². The summed E-state index contributed by atoms with van der Waals surface area (Å²) in [7, 11) is 1.57. The summed E-state index contributed by atoms with van der Waals surface area (Å²) in [4.78, 5) is 29.5. The second-order valence-corrected chi connectivity index (χ2v) is 10.2. The molecule has 5 heterocycles. The van der Waals surface area contributed by atoms with E-state index in [1.54, 1.807) is 23.1 Å². The Balaban J connectivity index is 1.55. The zero-order valence-electron chi connectivity index (χ0n) is 21.5. The van der Waals surface area contributed by atoms with Gasteiger partial charge in [-0.15, -0.1) is 0 Å². The van der Waals surface area contributed by atoms with E-state index in [9.17, 15) is 19.1 Å². The van der Waals surface area contributed by atoms with Gasteiger partial charge in [-0.3, -0.25) is 19.3 Å². The molecule has 208 valence electrons. The van der Waals surface area contributed by atoms with E-state index in [-0.39, 0.29) is 43.6 Å². The molecule has 3 aromatic rings. The average molecular weight is 553 g/mol. The number of methoxy groups -OCH3 is 1. The zero-order chi connectivity index (χ0) is 27.7. The molecule has 3 atom stereocenters. The van der Waals surface area contributed by atoms with Crippen LogP contribution in [-0.4, -0.2) is 72.9 Å². The maximum atomic E-state index is 15.7. The smallest absolute Gasteiger partial charge is 0.278 e. The first-order chi connectivity index (χ1) is 19.4. The van der Waals surface area contributed by atoms with Crippen molar-refractivity contribution >= 4 is 11.6 Å². The van der Waals surface area contributed by atoms with Crippen LogP contribution in [0.2, 0.25) is 0 Å². The van der Waals surface area contributed by atoms with Crippen LogP contribution in [0.1, 0.15) is 33.2 Å². The quantitative estimate of drug-likeness (QED) is 0.528. The minimum absolute atomic E-state index is 0.0523. The van der Waals surface area contributed by atoms with Crippen LogP contribution in [0.15, 0.2) is 47.4 Å². The predicted molar refractivity (Wildman–Crippen MR) is 138 cm³/mol. The number of benzene rings is 2. The van der Waals surface area contributed by atoms with Crippen LogP contribution in [0, 0.1) is 11.6 Å². The van der Waals surface area contributed by atoms with Crippen molar-refractivity contribution in [2.24, 2.45) is 0 Å². The van der Waals surface area contributed by atoms with Crippen molar-refractivity contribution in [3.8, 4) is 11.5 Å². The SMILES string of the molecule is COC[C@@H]1COc2cccc3c2N1Cc1c(ccc(F)c1F)C3N1[C@@H]2COCCN2C(=O)c2c(O)c(=O)ccn21. The molecule has 0 spiro atoms. The number of pyridine rings is 1. The van der Waals surface area contributed by atoms with Crippen molar-refractivity contribution in [2.45, 2.75) is 24.8 Å². The number of aromatic nitrogens is 1. The molecule has 1 fully saturated rings. The summed E-state index contributed by atoms with van der Waals surface area (Å²) < 4.78 is 49.3. The standard InChI is InChI=1S/C28H26F2N4O6/c1-38-12-15-13-40-21-4-2-3-17-24(16-5-6-19(29)23(30)18(16)11-32(15)25(17)21)34-22-14-39-10-9-31(22)28(37)26-27(36)20(35)7-8-33(26)34/h2-8,15,22,24,36H,9-14H2,1H3/t15-,22-,24?/m1/s1. The van der Waals surface area contributed by atoms with Gasteiger partial charge in [-0.25, -0.2) is 8.78 Å². The van der Waals surface area contributed by atoms with Crippen LogP contribution >= 0.6 is 0 Å². The van der Waals surface area contributed by atoms with Gasteiger partial charge in [0.05, 0.1) is 31.5 Å². The second-order valence-electron chi connectivity index (χ2n) is 10.2. The number of halogens is 2. The molecule has 1 unspecified atom stereocenters. The van der Waals surface area contributed by atoms with Crippen molar-refractivity contribution in [3.05, 3.63) is 86.8 Å². The Bertz CT molecular complexity index is 1600. The highest BCUT2D eigenvalue weighted by Gasteiger charge is 2.48. The molecule has 1 amide bonds. The fraction of sp³-hybridized carbons (Fsp3) is 0.357. The number of carbonyl (C=O) groups is 1. The molecule has 0 radical (unpaired) electrons. The summed E-state index contributed by atoms with van der Waals surface area (Å²) in [6.07, 6.45) is 0.742. The Morgan fingerprint density at radius 2 is 1.93 bits per heavy atom. The number of nitrogens with zero attached hydrogens (tertiary/aromatic N) is 4. The molecule has 12 heteroatoms. The minimum atomic E-state index is -0.974. The third-order valence-electron chi connectivity index (χ3n) is 8.14. The van der Waals surface area contributed by atoms with Gasteiger partial charge in [0.15, 0.2) is 23.1 Å². The summed E-state index contributed by atoms with van der Waals surface area (Å²) in [6.45, 7) is 1.26. The monoisotopic (exact) mass is 552 g/mol. The zero-order valence-corrected chi connectivity index (χ0v) is 21.5. The molecular formula is C28H26F2N4O6. The van der Waals surface area contributed by atoms with E-state index < -0.39 is 40.9 Å². The summed E-state index contributed by atoms with van der Waals surface area (Å²) in [6, 6.07) is 8.28. The van der Waals surface area contributed by atoms with Gasteiger partial charge in [0.1, 0.15) is 24.6 Å². The van der Waals surface area contributed by atoms with E-state index in [1.165, 1.54) is 16.9 Å². The van der Waals surface area contributed by atoms with E-state index in [0.29, 0.717) is 35.8 Å². The number of aromatic hydroxyl groups is 1. The Labute approximate surface area is 227 Å². The number of fused-ring (bicyclic) bond motifs is 3. The fourth-order valence-electron chi connectivity index (χ4n) is 6.36. The molecular weight excluding hydrogens is 526 g/mol. The van der Waals surface area contributed by atoms with Crippen LogP contribution in [0.4, 0.5) is 14.5 Å². The molecule has 4 aliphatic heterocycles. The van der Waals surface area contributed by atoms with E-state index >= 15 is 4.39 Å². The highest BCUT2D eigenvalue weighted by Crippen LogP contribution is 2.49. The Kier molecular flexibility index (Phi) is 5.72. The van der Waals surface area contributed by atoms with Gasteiger partial charge in [-0.2, -0.15) is 0 Å². The van der Waals surface area contributed by atoms with Gasteiger partial charge in [0, 0.05) is 43.6 Å². The molecule has 0 aliphatic carbocycles. The first-order valence-corrected chi connectivity index (χ1v) is 13.0. The first-order valence-electron chi connectivity index (χ1n) is 13.0. The summed E-state index contributed by atoms with van der Waals surface area (Å²) in [5, 5.41) is 12.6. The molecule has 7 rings (SSSR count). The number of carbonyl (C=O) groups excluding carboxylic acids is 1. The lowest BCUT2D eigenvalue weighted by molar-refractivity contribution is -0.0197. The van der Waals surface area contributed by atoms with E-state index in [0.717, 1.165) is 6.07 Å². The average Bonchev–Trinajstić information content (AvgIpc) is 3.11. The summed E-state index contributed by atoms with van der Waals surface area (Å²) >= 11 is 0. The Morgan fingerprint density at radius 1 is 1.07 bits per heavy atom. The third-order valence-corrected chi connectivity index (χ3v) is 8.14. The van der Waals surface area contributed by atoms with Gasteiger partial charge in [0.25, 0.3) is 5.91 Å². The van der Waals surface area contributed by atoms with Crippen molar-refractivity contribution in [2.75, 3.05) is 50.0 Å². The number of hydrogen-bond acceptors (Lipinski definition) is 8. The first kappa shape index (κ1) is 24.9. The molecule has 4 aliphatic rings. The molecule has 2 aromatic carbocycles. The van der Waals surface area contributed by atoms with Crippen LogP contribution < -0.4 is 20.1 Å². The van der Waals surface area contributed by atoms with E-state index in [1.807, 2.05) is 23.1 Å². The van der Waals surface area contributed by atoms with Crippen molar-refractivity contribution < 1.29 is 32.9 Å². The largest absolute Gasteiger partial charge is 0.502 e. The Hall–Kier alpha value is -4.16. The van der Waals surface area contributed by atoms with Crippen LogP contribution in [0.5, 0.6) is 11.5 Å². The maximum Gasteiger partial charge on any atom is 0.278 e. The lowest BCUT2D eigenvalue weighted by Crippen LogP contribution is -2.66. The van der Waals surface area contributed by atoms with Gasteiger partial charge in [-0.05, 0) is 17.7 Å². The van der Waals surface area contributed by atoms with Gasteiger partial charge >= 0.3 is 0 Å². The molecule has 1 N–H and O–H groups in total. The third kappa shape index (κ3) is 3.45. The van der Waals surface area contributed by atoms with Crippen LogP contribution in [0.25, 0.3) is 0 Å². The number of para-hydroxylation sites is 1. The number of amides is 1. The lowest BCUT2D eigenvalue weighted by Gasteiger charge is -2.51. The lowest BCUT2D eigenvalue weighted by atomic mass is 9.92. The van der Waals surface area contributed by atoms with Gasteiger partial charge in [-0.1, -0.05) is 18.2 Å². The van der Waals surface area contributed by atoms with Crippen molar-refractivity contribution in [1.82, 2.24) is 9.58 Å². The number of hydrogen-bond donors (Lipinski definition) is 1. The highest BCUT2D eigenvalue weighted by molar-refractivity contribution is 5.96. The van der Waals surface area contributed by atoms with Crippen LogP contribution in [0.3, 0.4) is 0 Å². The topological polar surface area (TPSA) is 96.7 Å². The minimum Gasteiger partial charge on any atom is -0.502 e. The fourth-order valence-corrected chi connectivity index (χ4v) is 6.36. The number of ether oxygens (including phenoxy) is 3. The molecule has 0 bridgehead atoms. The summed E-state index contributed by atoms with van der Waals surface area (Å²) in [5.41, 5.74) is 1.15. The maximum absolute atomic E-state index is 15.7. The molecule has 10 nitrogen and oxygen atoms in total. The number of rotatable bonds is 3. The second kappa shape index (κ2) is 9.20. The van der Waals surface area contributed by atoms with Crippen molar-refractivity contribution in [3.63, 3.8) is 0 Å². The normalized spacial score (nSPS) is 23.0. The summed E-state index contributed by atoms with van der Waals surface area (Å²) in [5.74, 6) is -2.55.